The van der Waals surface area contributed by atoms with Crippen molar-refractivity contribution in [2.24, 2.45) is 0 Å². The number of rotatable bonds is 4. The van der Waals surface area contributed by atoms with Crippen LogP contribution in [0.25, 0.3) is 6.08 Å². The lowest BCUT2D eigenvalue weighted by atomic mass is 10.1. The summed E-state index contributed by atoms with van der Waals surface area (Å²) in [5, 5.41) is 0. The van der Waals surface area contributed by atoms with Crippen LogP contribution in [0.3, 0.4) is 0 Å². The van der Waals surface area contributed by atoms with E-state index in [2.05, 4.69) is 0 Å². The lowest BCUT2D eigenvalue weighted by Crippen LogP contribution is -2.02. The zero-order valence-electron chi connectivity index (χ0n) is 9.50. The van der Waals surface area contributed by atoms with Gasteiger partial charge in [-0.2, -0.15) is 0 Å². The topological polar surface area (TPSA) is 26.3 Å². The summed E-state index contributed by atoms with van der Waals surface area (Å²) in [7, 11) is 0. The monoisotopic (exact) mass is 222 g/mol. The number of ether oxygens (including phenoxy) is 1. The summed E-state index contributed by atoms with van der Waals surface area (Å²) < 4.78 is 17.6. The maximum atomic E-state index is 12.7. The summed E-state index contributed by atoms with van der Waals surface area (Å²) >= 11 is 0. The van der Waals surface area contributed by atoms with Crippen molar-refractivity contribution in [3.05, 3.63) is 41.2 Å². The van der Waals surface area contributed by atoms with Gasteiger partial charge in [-0.3, -0.25) is 4.79 Å². The molecule has 0 saturated carbocycles. The fourth-order valence-electron chi connectivity index (χ4n) is 1.23. The van der Waals surface area contributed by atoms with E-state index in [0.717, 1.165) is 17.6 Å². The molecule has 0 atom stereocenters. The normalized spacial score (nSPS) is 11.3. The lowest BCUT2D eigenvalue weighted by molar-refractivity contribution is -0.139. The van der Waals surface area contributed by atoms with E-state index in [1.54, 1.807) is 12.1 Å². The number of halogens is 1. The molecule has 86 valence electrons. The molecule has 0 aliphatic heterocycles. The number of carbonyl (C=O) groups excluding carboxylic acids is 1. The van der Waals surface area contributed by atoms with Crippen LogP contribution in [0.1, 0.15) is 25.8 Å². The summed E-state index contributed by atoms with van der Waals surface area (Å²) in [6.45, 7) is 3.66. The van der Waals surface area contributed by atoms with Crippen molar-refractivity contribution in [3.8, 4) is 0 Å². The van der Waals surface area contributed by atoms with Gasteiger partial charge in [0.1, 0.15) is 12.4 Å². The van der Waals surface area contributed by atoms with Gasteiger partial charge in [0, 0.05) is 6.92 Å². The molecule has 0 aromatic heterocycles. The van der Waals surface area contributed by atoms with Gasteiger partial charge in [-0.1, -0.05) is 25.1 Å². The molecule has 0 aliphatic rings. The average molecular weight is 222 g/mol. The second-order valence-electron chi connectivity index (χ2n) is 3.49. The Bertz CT molecular complexity index is 379. The van der Waals surface area contributed by atoms with Gasteiger partial charge >= 0.3 is 5.97 Å². The minimum Gasteiger partial charge on any atom is -0.461 e. The molecule has 3 heteroatoms. The zero-order chi connectivity index (χ0) is 12.0. The quantitative estimate of drug-likeness (QED) is 0.731. The van der Waals surface area contributed by atoms with Crippen molar-refractivity contribution in [1.29, 1.82) is 0 Å². The molecule has 0 saturated heterocycles. The van der Waals surface area contributed by atoms with Gasteiger partial charge in [-0.25, -0.2) is 4.39 Å². The van der Waals surface area contributed by atoms with Crippen LogP contribution in [0, 0.1) is 5.82 Å². The first-order valence-corrected chi connectivity index (χ1v) is 5.20. The summed E-state index contributed by atoms with van der Waals surface area (Å²) in [6.07, 6.45) is 2.70. The molecule has 16 heavy (non-hydrogen) atoms. The van der Waals surface area contributed by atoms with Gasteiger partial charge in [0.2, 0.25) is 0 Å². The number of hydrogen-bond donors (Lipinski definition) is 0. The predicted molar refractivity (Wildman–Crippen MR) is 61.3 cm³/mol. The fraction of sp³-hybridized carbons (Fsp3) is 0.308. The maximum absolute atomic E-state index is 12.7. The van der Waals surface area contributed by atoms with Crippen LogP contribution in [-0.4, -0.2) is 12.6 Å². The molecule has 0 spiro atoms. The largest absolute Gasteiger partial charge is 0.461 e. The highest BCUT2D eigenvalue weighted by atomic mass is 19.1. The Hall–Kier alpha value is -1.64. The van der Waals surface area contributed by atoms with Crippen molar-refractivity contribution in [3.63, 3.8) is 0 Å². The molecular weight excluding hydrogens is 207 g/mol. The molecule has 1 aromatic carbocycles. The van der Waals surface area contributed by atoms with E-state index in [9.17, 15) is 9.18 Å². The highest BCUT2D eigenvalue weighted by Crippen LogP contribution is 2.11. The van der Waals surface area contributed by atoms with Gasteiger partial charge in [0.05, 0.1) is 0 Å². The first kappa shape index (κ1) is 12.4. The van der Waals surface area contributed by atoms with Crippen molar-refractivity contribution >= 4 is 12.0 Å². The molecular formula is C13H15FO2. The van der Waals surface area contributed by atoms with Gasteiger partial charge in [0.15, 0.2) is 0 Å². The van der Waals surface area contributed by atoms with E-state index in [0.29, 0.717) is 6.61 Å². The highest BCUT2D eigenvalue weighted by Gasteiger charge is 1.99. The van der Waals surface area contributed by atoms with E-state index in [-0.39, 0.29) is 11.8 Å². The summed E-state index contributed by atoms with van der Waals surface area (Å²) in [5.74, 6) is -0.548. The molecule has 0 heterocycles. The average Bonchev–Trinajstić information content (AvgIpc) is 2.26. The molecule has 0 amide bonds. The van der Waals surface area contributed by atoms with E-state index >= 15 is 0 Å². The van der Waals surface area contributed by atoms with Gasteiger partial charge < -0.3 is 4.74 Å². The van der Waals surface area contributed by atoms with E-state index in [1.165, 1.54) is 19.1 Å². The number of carbonyl (C=O) groups is 1. The summed E-state index contributed by atoms with van der Waals surface area (Å²) in [4.78, 5) is 10.7. The molecule has 0 bridgehead atoms. The van der Waals surface area contributed by atoms with Gasteiger partial charge in [0.25, 0.3) is 0 Å². The number of benzene rings is 1. The van der Waals surface area contributed by atoms with Crippen LogP contribution in [-0.2, 0) is 9.53 Å². The minimum absolute atomic E-state index is 0.254. The first-order chi connectivity index (χ1) is 7.61. The van der Waals surface area contributed by atoms with Gasteiger partial charge in [-0.05, 0) is 29.7 Å². The maximum Gasteiger partial charge on any atom is 0.302 e. The Morgan fingerprint density at radius 2 is 2.00 bits per heavy atom. The third-order valence-electron chi connectivity index (χ3n) is 2.16. The van der Waals surface area contributed by atoms with Crippen LogP contribution >= 0.6 is 0 Å². The van der Waals surface area contributed by atoms with E-state index in [1.807, 2.05) is 13.0 Å². The molecule has 0 aliphatic carbocycles. The molecule has 2 nitrogen and oxygen atoms in total. The van der Waals surface area contributed by atoms with E-state index in [4.69, 9.17) is 4.74 Å². The second kappa shape index (κ2) is 6.05. The lowest BCUT2D eigenvalue weighted by Gasteiger charge is -2.05. The Morgan fingerprint density at radius 3 is 2.50 bits per heavy atom. The standard InChI is InChI=1S/C13H15FO2/c1-3-11(9-16-10(2)15)8-12-4-6-13(14)7-5-12/h4-8H,3,9H2,1-2H3. The Morgan fingerprint density at radius 1 is 1.38 bits per heavy atom. The SMILES string of the molecule is CCC(=Cc1ccc(F)cc1)COC(C)=O. The van der Waals surface area contributed by atoms with Crippen LogP contribution in [0.15, 0.2) is 29.8 Å². The highest BCUT2D eigenvalue weighted by molar-refractivity contribution is 5.66. The predicted octanol–water partition coefficient (Wildman–Crippen LogP) is 3.18. The van der Waals surface area contributed by atoms with Crippen molar-refractivity contribution in [2.45, 2.75) is 20.3 Å². The Balaban J connectivity index is 2.71. The second-order valence-corrected chi connectivity index (χ2v) is 3.49. The zero-order valence-corrected chi connectivity index (χ0v) is 9.50. The van der Waals surface area contributed by atoms with Crippen LogP contribution < -0.4 is 0 Å². The summed E-state index contributed by atoms with van der Waals surface area (Å²) in [6, 6.07) is 6.20. The Labute approximate surface area is 94.7 Å². The number of hydrogen-bond acceptors (Lipinski definition) is 2. The van der Waals surface area contributed by atoms with Crippen LogP contribution in [0.5, 0.6) is 0 Å². The van der Waals surface area contributed by atoms with Gasteiger partial charge in [-0.15, -0.1) is 0 Å². The molecule has 0 unspecified atom stereocenters. The smallest absolute Gasteiger partial charge is 0.302 e. The number of esters is 1. The molecule has 1 rings (SSSR count). The fourth-order valence-corrected chi connectivity index (χ4v) is 1.23. The van der Waals surface area contributed by atoms with E-state index < -0.39 is 0 Å². The molecule has 1 aromatic rings. The Kier molecular flexibility index (Phi) is 4.70. The van der Waals surface area contributed by atoms with Crippen molar-refractivity contribution in [2.75, 3.05) is 6.61 Å². The minimum atomic E-state index is -0.293. The third-order valence-corrected chi connectivity index (χ3v) is 2.16. The summed E-state index contributed by atoms with van der Waals surface area (Å²) in [5.41, 5.74) is 1.91. The van der Waals surface area contributed by atoms with Crippen molar-refractivity contribution < 1.29 is 13.9 Å². The first-order valence-electron chi connectivity index (χ1n) is 5.20. The van der Waals surface area contributed by atoms with Crippen LogP contribution in [0.4, 0.5) is 4.39 Å². The molecule has 0 radical (unpaired) electrons. The third kappa shape index (κ3) is 4.26. The molecule has 0 N–H and O–H groups in total. The van der Waals surface area contributed by atoms with Crippen molar-refractivity contribution in [1.82, 2.24) is 0 Å². The molecule has 0 fully saturated rings. The van der Waals surface area contributed by atoms with Crippen LogP contribution in [0.2, 0.25) is 0 Å².